The zero-order valence-electron chi connectivity index (χ0n) is 27.7. The predicted molar refractivity (Wildman–Crippen MR) is 194 cm³/mol. The smallest absolute Gasteiger partial charge is 0.139 e. The summed E-state index contributed by atoms with van der Waals surface area (Å²) < 4.78 is 28.2. The van der Waals surface area contributed by atoms with E-state index >= 15 is 0 Å². The molecule has 0 fully saturated rings. The van der Waals surface area contributed by atoms with E-state index in [1.54, 1.807) is 7.11 Å². The Labute approximate surface area is 277 Å². The number of methoxy groups -OCH3 is 1. The number of rotatable bonds is 8. The molecule has 1 heterocycles. The standard InChI is InChI=1S/C40H42NO3PS/c1-39(2,3)46(42)41(6)36(28-24-26-29(43-7)27-25-28)32-20-14-21-33-37(32)44-38-34(40(33,4)5)22-15-23-35(38)45(30-16-10-8-11-17-30)31-18-12-9-13-19-31/h8-27,36H,1-7H3/t36-,46+/m0/s1. The first-order valence-corrected chi connectivity index (χ1v) is 18.1. The highest BCUT2D eigenvalue weighted by Crippen LogP contribution is 2.53. The van der Waals surface area contributed by atoms with Crippen LogP contribution in [0.1, 0.15) is 62.9 Å². The fraction of sp³-hybridized carbons (Fsp3) is 0.250. The second-order valence-electron chi connectivity index (χ2n) is 13.2. The molecule has 0 aliphatic carbocycles. The average Bonchev–Trinajstić information content (AvgIpc) is 3.06. The van der Waals surface area contributed by atoms with Crippen molar-refractivity contribution in [1.82, 2.24) is 4.31 Å². The van der Waals surface area contributed by atoms with Crippen molar-refractivity contribution in [1.29, 1.82) is 0 Å². The van der Waals surface area contributed by atoms with Crippen LogP contribution < -0.4 is 25.4 Å². The Morgan fingerprint density at radius 2 is 1.28 bits per heavy atom. The number of ether oxygens (including phenoxy) is 2. The van der Waals surface area contributed by atoms with Gasteiger partial charge in [0.15, 0.2) is 0 Å². The molecule has 6 rings (SSSR count). The molecule has 46 heavy (non-hydrogen) atoms. The van der Waals surface area contributed by atoms with Crippen LogP contribution in [0.5, 0.6) is 17.2 Å². The van der Waals surface area contributed by atoms with Crippen LogP contribution >= 0.6 is 7.92 Å². The van der Waals surface area contributed by atoms with E-state index in [0.717, 1.165) is 33.9 Å². The molecule has 5 aromatic rings. The van der Waals surface area contributed by atoms with Crippen LogP contribution in [-0.2, 0) is 16.4 Å². The molecular weight excluding hydrogens is 605 g/mol. The highest BCUT2D eigenvalue weighted by Gasteiger charge is 2.40. The van der Waals surface area contributed by atoms with Crippen LogP contribution in [0.4, 0.5) is 0 Å². The first-order chi connectivity index (χ1) is 22.0. The van der Waals surface area contributed by atoms with Crippen molar-refractivity contribution in [3.8, 4) is 17.2 Å². The molecule has 6 heteroatoms. The summed E-state index contributed by atoms with van der Waals surface area (Å²) in [6, 6.07) is 42.3. The first-order valence-electron chi connectivity index (χ1n) is 15.7. The summed E-state index contributed by atoms with van der Waals surface area (Å²) in [5, 5.41) is 3.73. The van der Waals surface area contributed by atoms with Crippen molar-refractivity contribution in [2.75, 3.05) is 14.2 Å². The second kappa shape index (κ2) is 12.8. The lowest BCUT2D eigenvalue weighted by atomic mass is 9.74. The second-order valence-corrected chi connectivity index (χ2v) is 17.7. The fourth-order valence-electron chi connectivity index (χ4n) is 6.40. The maximum atomic E-state index is 14.0. The Kier molecular flexibility index (Phi) is 8.95. The van der Waals surface area contributed by atoms with Crippen molar-refractivity contribution in [2.45, 2.75) is 50.8 Å². The highest BCUT2D eigenvalue weighted by molar-refractivity contribution is 7.84. The molecule has 0 amide bonds. The van der Waals surface area contributed by atoms with Crippen LogP contribution in [0, 0.1) is 0 Å². The number of nitrogens with zero attached hydrogens (tertiary/aromatic N) is 1. The summed E-state index contributed by atoms with van der Waals surface area (Å²) in [6.07, 6.45) is 0. The largest absolute Gasteiger partial charge is 0.497 e. The van der Waals surface area contributed by atoms with Crippen molar-refractivity contribution in [3.63, 3.8) is 0 Å². The molecule has 236 valence electrons. The SMILES string of the molecule is COc1ccc([C@@H](c2cccc3c2Oc2c(P(c4ccccc4)c4ccccc4)cccc2C3(C)C)N(C)[S@](=O)C(C)(C)C)cc1. The summed E-state index contributed by atoms with van der Waals surface area (Å²) in [7, 11) is 1.42. The molecule has 0 bridgehead atoms. The third-order valence-electron chi connectivity index (χ3n) is 8.74. The summed E-state index contributed by atoms with van der Waals surface area (Å²) >= 11 is 0. The molecule has 1 aliphatic rings. The quantitative estimate of drug-likeness (QED) is 0.159. The minimum Gasteiger partial charge on any atom is -0.497 e. The average molecular weight is 648 g/mol. The lowest BCUT2D eigenvalue weighted by Crippen LogP contribution is -2.38. The Balaban J connectivity index is 1.57. The third-order valence-corrected chi connectivity index (χ3v) is 13.0. The Morgan fingerprint density at radius 1 is 0.739 bits per heavy atom. The van der Waals surface area contributed by atoms with Gasteiger partial charge in [-0.1, -0.05) is 123 Å². The Bertz CT molecular complexity index is 1810. The van der Waals surface area contributed by atoms with E-state index in [-0.39, 0.29) is 11.5 Å². The van der Waals surface area contributed by atoms with Gasteiger partial charge < -0.3 is 9.47 Å². The van der Waals surface area contributed by atoms with Gasteiger partial charge >= 0.3 is 0 Å². The van der Waals surface area contributed by atoms with E-state index in [2.05, 4.69) is 123 Å². The number of hydrogen-bond donors (Lipinski definition) is 0. The Morgan fingerprint density at radius 3 is 1.83 bits per heavy atom. The number of fused-ring (bicyclic) bond motifs is 2. The predicted octanol–water partition coefficient (Wildman–Crippen LogP) is 8.37. The molecule has 0 N–H and O–H groups in total. The Hall–Kier alpha value is -3.76. The first kappa shape index (κ1) is 32.2. The van der Waals surface area contributed by atoms with Gasteiger partial charge in [-0.15, -0.1) is 0 Å². The molecule has 0 saturated heterocycles. The van der Waals surface area contributed by atoms with Gasteiger partial charge in [-0.2, -0.15) is 0 Å². The summed E-state index contributed by atoms with van der Waals surface area (Å²) in [6.45, 7) is 10.6. The van der Waals surface area contributed by atoms with Gasteiger partial charge in [-0.25, -0.2) is 8.51 Å². The van der Waals surface area contributed by atoms with E-state index in [1.807, 2.05) is 44.3 Å². The zero-order valence-corrected chi connectivity index (χ0v) is 29.4. The molecule has 0 radical (unpaired) electrons. The number of para-hydroxylation sites is 2. The highest BCUT2D eigenvalue weighted by atomic mass is 32.2. The molecular formula is C40H42NO3PS. The monoisotopic (exact) mass is 647 g/mol. The lowest BCUT2D eigenvalue weighted by molar-refractivity contribution is 0.389. The molecule has 1 aliphatic heterocycles. The normalized spacial score (nSPS) is 15.1. The van der Waals surface area contributed by atoms with Crippen LogP contribution in [0.3, 0.4) is 0 Å². The fourth-order valence-corrected chi connectivity index (χ4v) is 10.1. The molecule has 0 aromatic heterocycles. The van der Waals surface area contributed by atoms with Crippen molar-refractivity contribution in [3.05, 3.63) is 144 Å². The van der Waals surface area contributed by atoms with Gasteiger partial charge in [0.1, 0.15) is 28.2 Å². The molecule has 0 saturated carbocycles. The zero-order chi connectivity index (χ0) is 32.6. The van der Waals surface area contributed by atoms with Crippen molar-refractivity contribution < 1.29 is 13.7 Å². The van der Waals surface area contributed by atoms with Crippen molar-refractivity contribution in [2.24, 2.45) is 0 Å². The van der Waals surface area contributed by atoms with E-state index in [1.165, 1.54) is 21.5 Å². The van der Waals surface area contributed by atoms with Crippen LogP contribution in [0.15, 0.2) is 121 Å². The molecule has 2 atom stereocenters. The van der Waals surface area contributed by atoms with Gasteiger partial charge in [0.2, 0.25) is 0 Å². The van der Waals surface area contributed by atoms with Gasteiger partial charge in [0.25, 0.3) is 0 Å². The maximum Gasteiger partial charge on any atom is 0.139 e. The van der Waals surface area contributed by atoms with Gasteiger partial charge in [-0.3, -0.25) is 0 Å². The summed E-state index contributed by atoms with van der Waals surface area (Å²) in [4.78, 5) is 0. The van der Waals surface area contributed by atoms with Gasteiger partial charge in [0, 0.05) is 34.5 Å². The van der Waals surface area contributed by atoms with Crippen LogP contribution in [0.2, 0.25) is 0 Å². The van der Waals surface area contributed by atoms with E-state index in [4.69, 9.17) is 9.47 Å². The van der Waals surface area contributed by atoms with Crippen LogP contribution in [0.25, 0.3) is 0 Å². The summed E-state index contributed by atoms with van der Waals surface area (Å²) in [5.41, 5.74) is 3.95. The maximum absolute atomic E-state index is 14.0. The van der Waals surface area contributed by atoms with Crippen LogP contribution in [-0.4, -0.2) is 27.4 Å². The minimum atomic E-state index is -1.30. The van der Waals surface area contributed by atoms with E-state index < -0.39 is 23.7 Å². The van der Waals surface area contributed by atoms with E-state index in [0.29, 0.717) is 0 Å². The number of benzene rings is 5. The summed E-state index contributed by atoms with van der Waals surface area (Å²) in [5.74, 6) is 2.53. The van der Waals surface area contributed by atoms with Gasteiger partial charge in [-0.05, 0) is 57.0 Å². The molecule has 4 nitrogen and oxygen atoms in total. The lowest BCUT2D eigenvalue weighted by Gasteiger charge is -2.40. The minimum absolute atomic E-state index is 0.324. The third kappa shape index (κ3) is 5.93. The molecule has 0 spiro atoms. The van der Waals surface area contributed by atoms with Gasteiger partial charge in [0.05, 0.1) is 17.9 Å². The number of hydrogen-bond acceptors (Lipinski definition) is 3. The molecule has 5 aromatic carbocycles. The topological polar surface area (TPSA) is 38.8 Å². The molecule has 0 unspecified atom stereocenters. The van der Waals surface area contributed by atoms with E-state index in [9.17, 15) is 4.21 Å². The van der Waals surface area contributed by atoms with Crippen molar-refractivity contribution >= 4 is 34.8 Å².